The summed E-state index contributed by atoms with van der Waals surface area (Å²) in [5.74, 6) is -0.302. The molecule has 1 saturated heterocycles. The quantitative estimate of drug-likeness (QED) is 0.361. The predicted octanol–water partition coefficient (Wildman–Crippen LogP) is 4.95. The first-order chi connectivity index (χ1) is 19.5. The number of alkyl halides is 2. The van der Waals surface area contributed by atoms with Gasteiger partial charge >= 0.3 is 6.55 Å². The van der Waals surface area contributed by atoms with Crippen LogP contribution in [0.15, 0.2) is 52.7 Å². The fourth-order valence-corrected chi connectivity index (χ4v) is 8.30. The standard InChI is InChI=1S/C26H24ClF3N6O3S2/c1-14(37)12-26(5-6-26)41(38,39)34-16-11-20-21(19-4-8-36(33-19)25(29)30)22(17-3-2-15(28)10-18(17)27)32-23(35(20)13-16)24-31-7-9-40-24/h2-4,7-10,16,22,25,34H,5-6,11-13H2,1H3/t16-,22-/m0/s1. The summed E-state index contributed by atoms with van der Waals surface area (Å²) in [4.78, 5) is 23.0. The normalized spacial score (nSPS) is 21.8. The van der Waals surface area contributed by atoms with Crippen molar-refractivity contribution in [1.29, 1.82) is 0 Å². The van der Waals surface area contributed by atoms with E-state index in [0.29, 0.717) is 45.2 Å². The summed E-state index contributed by atoms with van der Waals surface area (Å²) < 4.78 is 70.1. The van der Waals surface area contributed by atoms with Gasteiger partial charge in [0.15, 0.2) is 10.8 Å². The number of amidine groups is 1. The lowest BCUT2D eigenvalue weighted by molar-refractivity contribution is -0.117. The van der Waals surface area contributed by atoms with Gasteiger partial charge in [-0.1, -0.05) is 17.7 Å². The van der Waals surface area contributed by atoms with Gasteiger partial charge in [0, 0.05) is 65.1 Å². The van der Waals surface area contributed by atoms with Crippen LogP contribution in [0.4, 0.5) is 13.2 Å². The molecule has 216 valence electrons. The van der Waals surface area contributed by atoms with Crippen LogP contribution in [0.1, 0.15) is 61.5 Å². The molecule has 3 aliphatic rings. The van der Waals surface area contributed by atoms with E-state index >= 15 is 0 Å². The van der Waals surface area contributed by atoms with Gasteiger partial charge in [-0.15, -0.1) is 11.3 Å². The molecule has 1 aliphatic carbocycles. The van der Waals surface area contributed by atoms with Crippen molar-refractivity contribution in [2.45, 2.75) is 56.0 Å². The first-order valence-corrected chi connectivity index (χ1v) is 15.5. The Morgan fingerprint density at radius 3 is 2.68 bits per heavy atom. The lowest BCUT2D eigenvalue weighted by atomic mass is 9.92. The molecule has 41 heavy (non-hydrogen) atoms. The molecular formula is C26H24ClF3N6O3S2. The smallest absolute Gasteiger partial charge is 0.326 e. The fraction of sp³-hybridized carbons (Fsp3) is 0.385. The summed E-state index contributed by atoms with van der Waals surface area (Å²) in [6.45, 7) is -1.32. The molecule has 2 aromatic heterocycles. The number of hydrogen-bond acceptors (Lipinski definition) is 8. The van der Waals surface area contributed by atoms with Crippen LogP contribution in [0.3, 0.4) is 0 Å². The number of thiazole rings is 1. The maximum absolute atomic E-state index is 14.0. The molecule has 0 unspecified atom stereocenters. The summed E-state index contributed by atoms with van der Waals surface area (Å²) in [5, 5.41) is 6.51. The maximum Gasteiger partial charge on any atom is 0.333 e. The minimum Gasteiger partial charge on any atom is -0.326 e. The van der Waals surface area contributed by atoms with Gasteiger partial charge < -0.3 is 4.90 Å². The van der Waals surface area contributed by atoms with E-state index in [4.69, 9.17) is 16.6 Å². The SMILES string of the molecule is CC(=O)CC1(S(=O)(=O)N[C@H]2CC3=C(c4ccn(C(F)F)n4)[C@H](c4ccc(F)cc4Cl)N=C(c4nccs4)N3C2)CC1. The van der Waals surface area contributed by atoms with Crippen LogP contribution in [-0.2, 0) is 14.8 Å². The minimum atomic E-state index is -3.86. The zero-order chi connectivity index (χ0) is 29.1. The number of carbonyl (C=O) groups is 1. The molecule has 1 aromatic carbocycles. The largest absolute Gasteiger partial charge is 0.333 e. The van der Waals surface area contributed by atoms with Crippen LogP contribution in [0.5, 0.6) is 0 Å². The van der Waals surface area contributed by atoms with E-state index in [2.05, 4.69) is 14.8 Å². The average Bonchev–Trinajstić information content (AvgIpc) is 3.29. The second kappa shape index (κ2) is 10.3. The Bertz CT molecular complexity index is 1690. The van der Waals surface area contributed by atoms with Crippen LogP contribution in [0.2, 0.25) is 5.02 Å². The van der Waals surface area contributed by atoms with E-state index in [9.17, 15) is 26.4 Å². The number of aliphatic imine (C=N–C) groups is 1. The molecule has 2 fully saturated rings. The van der Waals surface area contributed by atoms with Crippen molar-refractivity contribution in [3.63, 3.8) is 0 Å². The van der Waals surface area contributed by atoms with Crippen molar-refractivity contribution < 1.29 is 26.4 Å². The van der Waals surface area contributed by atoms with Gasteiger partial charge in [-0.25, -0.2) is 27.2 Å². The molecule has 15 heteroatoms. The van der Waals surface area contributed by atoms with Gasteiger partial charge in [-0.05, 0) is 38.0 Å². The molecule has 2 aliphatic heterocycles. The topological polar surface area (TPSA) is 110 Å². The van der Waals surface area contributed by atoms with Crippen molar-refractivity contribution in [2.75, 3.05) is 6.54 Å². The molecule has 0 bridgehead atoms. The Balaban J connectivity index is 1.47. The maximum atomic E-state index is 14.0. The highest BCUT2D eigenvalue weighted by Gasteiger charge is 2.56. The molecule has 2 atom stereocenters. The number of hydrogen-bond donors (Lipinski definition) is 1. The Morgan fingerprint density at radius 1 is 1.29 bits per heavy atom. The lowest BCUT2D eigenvalue weighted by Crippen LogP contribution is -2.44. The second-order valence-electron chi connectivity index (χ2n) is 10.4. The van der Waals surface area contributed by atoms with Crippen LogP contribution in [0, 0.1) is 5.82 Å². The first kappa shape index (κ1) is 28.1. The zero-order valence-electron chi connectivity index (χ0n) is 21.6. The highest BCUT2D eigenvalue weighted by atomic mass is 35.5. The molecule has 4 heterocycles. The second-order valence-corrected chi connectivity index (χ2v) is 13.8. The van der Waals surface area contributed by atoms with E-state index in [1.807, 2.05) is 4.90 Å². The number of fused-ring (bicyclic) bond motifs is 1. The molecule has 0 radical (unpaired) electrons. The summed E-state index contributed by atoms with van der Waals surface area (Å²) in [6.07, 6.45) is 3.68. The highest BCUT2D eigenvalue weighted by Crippen LogP contribution is 2.49. The van der Waals surface area contributed by atoms with Crippen molar-refractivity contribution in [2.24, 2.45) is 4.99 Å². The van der Waals surface area contributed by atoms with Gasteiger partial charge in [-0.2, -0.15) is 13.9 Å². The third-order valence-electron chi connectivity index (χ3n) is 7.50. The number of nitrogens with one attached hydrogen (secondary N) is 1. The Morgan fingerprint density at radius 2 is 2.07 bits per heavy atom. The summed E-state index contributed by atoms with van der Waals surface area (Å²) >= 11 is 7.81. The number of Topliss-reactive ketones (excluding diaryl/α,β-unsaturated/α-hetero) is 1. The third kappa shape index (κ3) is 5.11. The number of nitrogens with zero attached hydrogens (tertiary/aromatic N) is 5. The van der Waals surface area contributed by atoms with Crippen LogP contribution in [-0.4, -0.2) is 57.0 Å². The number of rotatable bonds is 9. The number of halogens is 4. The summed E-state index contributed by atoms with van der Waals surface area (Å²) in [6, 6.07) is 3.83. The van der Waals surface area contributed by atoms with E-state index in [0.717, 1.165) is 12.3 Å². The first-order valence-electron chi connectivity index (χ1n) is 12.8. The molecule has 9 nitrogen and oxygen atoms in total. The van der Waals surface area contributed by atoms with E-state index in [1.54, 1.807) is 11.6 Å². The predicted molar refractivity (Wildman–Crippen MR) is 148 cm³/mol. The van der Waals surface area contributed by atoms with Crippen molar-refractivity contribution in [1.82, 2.24) is 24.4 Å². The molecule has 1 saturated carbocycles. The van der Waals surface area contributed by atoms with Gasteiger partial charge in [0.2, 0.25) is 10.0 Å². The van der Waals surface area contributed by atoms with Crippen molar-refractivity contribution in [3.8, 4) is 0 Å². The molecule has 6 rings (SSSR count). The number of aromatic nitrogens is 3. The minimum absolute atomic E-state index is 0.0608. The Labute approximate surface area is 242 Å². The van der Waals surface area contributed by atoms with Crippen LogP contribution < -0.4 is 4.72 Å². The average molecular weight is 625 g/mol. The number of ketones is 1. The summed E-state index contributed by atoms with van der Waals surface area (Å²) in [5.41, 5.74) is 1.69. The summed E-state index contributed by atoms with van der Waals surface area (Å²) in [7, 11) is -3.86. The Hall–Kier alpha value is -3.07. The van der Waals surface area contributed by atoms with Crippen molar-refractivity contribution in [3.05, 3.63) is 74.8 Å². The Kier molecular flexibility index (Phi) is 7.07. The fourth-order valence-electron chi connectivity index (χ4n) is 5.51. The van der Waals surface area contributed by atoms with Gasteiger partial charge in [0.05, 0.1) is 10.4 Å². The van der Waals surface area contributed by atoms with E-state index in [-0.39, 0.29) is 35.9 Å². The molecule has 0 spiro atoms. The molecule has 0 amide bonds. The van der Waals surface area contributed by atoms with Crippen molar-refractivity contribution >= 4 is 50.2 Å². The van der Waals surface area contributed by atoms with Crippen LogP contribution in [0.25, 0.3) is 5.57 Å². The van der Waals surface area contributed by atoms with Gasteiger partial charge in [-0.3, -0.25) is 9.79 Å². The lowest BCUT2D eigenvalue weighted by Gasteiger charge is -2.32. The zero-order valence-corrected chi connectivity index (χ0v) is 24.0. The molecule has 3 aromatic rings. The molecule has 1 N–H and O–H groups in total. The number of carbonyl (C=O) groups excluding carboxylic acids is 1. The number of sulfonamides is 1. The van der Waals surface area contributed by atoms with Gasteiger partial charge in [0.1, 0.15) is 17.6 Å². The highest BCUT2D eigenvalue weighted by molar-refractivity contribution is 7.91. The monoisotopic (exact) mass is 624 g/mol. The number of benzene rings is 1. The van der Waals surface area contributed by atoms with Crippen LogP contribution >= 0.6 is 22.9 Å². The van der Waals surface area contributed by atoms with Gasteiger partial charge in [0.25, 0.3) is 0 Å². The third-order valence-corrected chi connectivity index (χ3v) is 10.9. The van der Waals surface area contributed by atoms with E-state index in [1.165, 1.54) is 36.5 Å². The van der Waals surface area contributed by atoms with E-state index < -0.39 is 39.2 Å². The molecular weight excluding hydrogens is 601 g/mol.